The van der Waals surface area contributed by atoms with Gasteiger partial charge in [0.1, 0.15) is 28.5 Å². The number of rotatable bonds is 26. The summed E-state index contributed by atoms with van der Waals surface area (Å²) in [4.78, 5) is 134. The number of imidazole rings is 3. The van der Waals surface area contributed by atoms with Gasteiger partial charge in [-0.1, -0.05) is 0 Å². The summed E-state index contributed by atoms with van der Waals surface area (Å²) in [7, 11) is 15.0. The molecular weight excluding hydrogens is 1140 g/mol. The normalized spacial score (nSPS) is 11.5. The monoisotopic (exact) mass is 1210 g/mol. The van der Waals surface area contributed by atoms with Gasteiger partial charge in [0.25, 0.3) is 47.3 Å². The Balaban J connectivity index is 0.763. The number of aromatic nitrogens is 11. The molecule has 0 bridgehead atoms. The Morgan fingerprint density at radius 2 is 0.807 bits per heavy atom. The van der Waals surface area contributed by atoms with Crippen LogP contribution >= 0.6 is 0 Å². The maximum absolute atomic E-state index is 13.5. The number of amides is 9. The fourth-order valence-electron chi connectivity index (χ4n) is 9.38. The average molecular weight is 1210 g/mol. The van der Waals surface area contributed by atoms with Crippen LogP contribution in [0.25, 0.3) is 0 Å². The standard InChI is InChI=1S/C56H71N23O9/c1-71(17-10-13-57)18-11-14-60-49(81)38-20-32(25-73(38)3)62-51(83)40-22-34(27-75(40)5)64-53(85)42-24-35(28-77(42)7)65-55(87)46-67-43(30-78(46)8)69-48(80)37(58)12-15-61-50(82)39-21-33(26-74(39)4)63-52(84)41-23-36(29-76(41)6)66-56(88)47-68-44(31-79(47)9)70-54(86)45-59-16-19-72(45)2/h16,19-31,37H,10-15,17-18,57-58H2,1-9H3,(H,60,81)(H,61,82)(H,62,83)(H,63,84)(H,64,85)(H,65,87)(H,66,88)(H,69,80)(H,70,86)/t37-/m1/s1. The molecular formula is C56H71N23O9. The van der Waals surface area contributed by atoms with Gasteiger partial charge in [-0.3, -0.25) is 43.2 Å². The third-order valence-electron chi connectivity index (χ3n) is 14.0. The molecule has 13 N–H and O–H groups in total. The molecule has 8 heterocycles. The van der Waals surface area contributed by atoms with Gasteiger partial charge < -0.3 is 101 Å². The first kappa shape index (κ1) is 63.2. The first-order chi connectivity index (χ1) is 41.8. The molecule has 8 aromatic rings. The lowest BCUT2D eigenvalue weighted by atomic mass is 10.2. The summed E-state index contributed by atoms with van der Waals surface area (Å²) in [6.07, 6.45) is 15.5. The molecule has 9 amide bonds. The molecule has 1 atom stereocenters. The highest BCUT2D eigenvalue weighted by Crippen LogP contribution is 2.23. The van der Waals surface area contributed by atoms with Crippen molar-refractivity contribution in [3.05, 3.63) is 132 Å². The van der Waals surface area contributed by atoms with E-state index in [0.717, 1.165) is 25.9 Å². The van der Waals surface area contributed by atoms with Crippen molar-refractivity contribution in [2.24, 2.45) is 67.8 Å². The van der Waals surface area contributed by atoms with Gasteiger partial charge >= 0.3 is 0 Å². The minimum Gasteiger partial charge on any atom is -0.351 e. The zero-order chi connectivity index (χ0) is 63.7. The van der Waals surface area contributed by atoms with Crippen LogP contribution in [0.2, 0.25) is 0 Å². The van der Waals surface area contributed by atoms with Crippen molar-refractivity contribution in [3.8, 4) is 0 Å². The third-order valence-corrected chi connectivity index (χ3v) is 14.0. The van der Waals surface area contributed by atoms with Crippen LogP contribution in [0.15, 0.2) is 86.1 Å². The van der Waals surface area contributed by atoms with Crippen molar-refractivity contribution < 1.29 is 43.2 Å². The lowest BCUT2D eigenvalue weighted by Crippen LogP contribution is -2.39. The van der Waals surface area contributed by atoms with Gasteiger partial charge in [0.15, 0.2) is 17.5 Å². The van der Waals surface area contributed by atoms with Gasteiger partial charge in [0, 0.05) is 125 Å². The Kier molecular flexibility index (Phi) is 19.7. The fraction of sp³-hybridized carbons (Fsp3) is 0.321. The third kappa shape index (κ3) is 15.3. The Bertz CT molecular complexity index is 3950. The van der Waals surface area contributed by atoms with Crippen LogP contribution in [-0.2, 0) is 61.2 Å². The Hall–Kier alpha value is -10.9. The fourth-order valence-corrected chi connectivity index (χ4v) is 9.38. The van der Waals surface area contributed by atoms with Gasteiger partial charge in [0.05, 0.1) is 34.5 Å². The van der Waals surface area contributed by atoms with E-state index in [0.29, 0.717) is 35.8 Å². The smallest absolute Gasteiger partial charge is 0.292 e. The molecule has 464 valence electrons. The molecule has 0 aliphatic heterocycles. The van der Waals surface area contributed by atoms with E-state index in [1.54, 1.807) is 90.2 Å². The number of nitrogens with two attached hydrogens (primary N) is 2. The Labute approximate surface area is 504 Å². The van der Waals surface area contributed by atoms with E-state index in [1.807, 2.05) is 7.05 Å². The van der Waals surface area contributed by atoms with Crippen molar-refractivity contribution in [1.29, 1.82) is 0 Å². The van der Waals surface area contributed by atoms with Crippen LogP contribution in [0.1, 0.15) is 104 Å². The molecule has 8 rings (SSSR count). The van der Waals surface area contributed by atoms with E-state index >= 15 is 0 Å². The zero-order valence-electron chi connectivity index (χ0n) is 50.0. The second-order valence-corrected chi connectivity index (χ2v) is 21.0. The molecule has 8 aromatic heterocycles. The van der Waals surface area contributed by atoms with E-state index in [1.165, 1.54) is 88.8 Å². The Morgan fingerprint density at radius 1 is 0.443 bits per heavy atom. The van der Waals surface area contributed by atoms with E-state index in [4.69, 9.17) is 11.5 Å². The van der Waals surface area contributed by atoms with E-state index < -0.39 is 53.3 Å². The highest BCUT2D eigenvalue weighted by atomic mass is 16.2. The highest BCUT2D eigenvalue weighted by Gasteiger charge is 2.25. The molecule has 0 fully saturated rings. The molecule has 0 aromatic carbocycles. The molecule has 0 aliphatic carbocycles. The van der Waals surface area contributed by atoms with Gasteiger partial charge in [-0.25, -0.2) is 15.0 Å². The van der Waals surface area contributed by atoms with Crippen molar-refractivity contribution in [1.82, 2.24) is 67.0 Å². The number of nitrogens with zero attached hydrogens (tertiary/aromatic N) is 12. The predicted octanol–water partition coefficient (Wildman–Crippen LogP) is 1.58. The van der Waals surface area contributed by atoms with E-state index in [-0.39, 0.29) is 82.1 Å². The SMILES string of the molecule is CN(CCCN)CCCNC(=O)c1cc(NC(=O)c2cc(NC(=O)c3cc(NC(=O)c4nc(NC(=O)[C@H](N)CCNC(=O)c5cc(NC(=O)c6cc(NC(=O)c7nc(NC(=O)c8nccn8C)cn7C)cn6C)cn5C)cn4C)cn3C)cn2C)cn1C. The van der Waals surface area contributed by atoms with Crippen LogP contribution in [0.5, 0.6) is 0 Å². The van der Waals surface area contributed by atoms with Crippen LogP contribution in [-0.4, -0.2) is 155 Å². The molecule has 0 saturated heterocycles. The molecule has 0 radical (unpaired) electrons. The van der Waals surface area contributed by atoms with Crippen molar-refractivity contribution in [2.45, 2.75) is 25.3 Å². The summed E-state index contributed by atoms with van der Waals surface area (Å²) < 4.78 is 12.1. The highest BCUT2D eigenvalue weighted by molar-refractivity contribution is 6.10. The number of hydrogen-bond acceptors (Lipinski definition) is 15. The summed E-state index contributed by atoms with van der Waals surface area (Å²) in [6.45, 7) is 2.79. The predicted molar refractivity (Wildman–Crippen MR) is 326 cm³/mol. The van der Waals surface area contributed by atoms with Crippen molar-refractivity contribution >= 4 is 93.2 Å². The first-order valence-electron chi connectivity index (χ1n) is 27.6. The lowest BCUT2D eigenvalue weighted by Gasteiger charge is -2.15. The second kappa shape index (κ2) is 27.5. The molecule has 0 unspecified atom stereocenters. The second-order valence-electron chi connectivity index (χ2n) is 21.0. The molecule has 32 heteroatoms. The largest absolute Gasteiger partial charge is 0.351 e. The topological polar surface area (TPSA) is 395 Å². The van der Waals surface area contributed by atoms with E-state index in [2.05, 4.69) is 67.7 Å². The van der Waals surface area contributed by atoms with Crippen LogP contribution in [0.4, 0.5) is 40.1 Å². The summed E-state index contributed by atoms with van der Waals surface area (Å²) in [6, 6.07) is 6.37. The minimum absolute atomic E-state index is 0.0108. The Morgan fingerprint density at radius 3 is 1.20 bits per heavy atom. The van der Waals surface area contributed by atoms with Crippen LogP contribution in [0.3, 0.4) is 0 Å². The number of carbonyl (C=O) groups is 9. The summed E-state index contributed by atoms with van der Waals surface area (Å²) in [5.41, 5.74) is 14.5. The van der Waals surface area contributed by atoms with Gasteiger partial charge in [-0.05, 0) is 76.3 Å². The molecule has 88 heavy (non-hydrogen) atoms. The minimum atomic E-state index is -1.10. The summed E-state index contributed by atoms with van der Waals surface area (Å²) >= 11 is 0. The van der Waals surface area contributed by atoms with Crippen molar-refractivity contribution in [2.75, 3.05) is 77.0 Å². The molecule has 32 nitrogen and oxygen atoms in total. The van der Waals surface area contributed by atoms with Crippen LogP contribution in [0, 0.1) is 0 Å². The summed E-state index contributed by atoms with van der Waals surface area (Å²) in [5, 5.41) is 24.6. The molecule has 0 aliphatic rings. The molecule has 0 spiro atoms. The lowest BCUT2D eigenvalue weighted by molar-refractivity contribution is -0.117. The number of anilines is 7. The average Bonchev–Trinajstić information content (AvgIpc) is 3.69. The van der Waals surface area contributed by atoms with Gasteiger partial charge in [0.2, 0.25) is 17.6 Å². The van der Waals surface area contributed by atoms with Gasteiger partial charge in [-0.15, -0.1) is 0 Å². The number of hydrogen-bond donors (Lipinski definition) is 11. The maximum Gasteiger partial charge on any atom is 0.292 e. The van der Waals surface area contributed by atoms with Gasteiger partial charge in [-0.2, -0.15) is 0 Å². The van der Waals surface area contributed by atoms with Crippen molar-refractivity contribution in [3.63, 3.8) is 0 Å². The number of aryl methyl sites for hydroxylation is 8. The van der Waals surface area contributed by atoms with Crippen LogP contribution < -0.4 is 59.3 Å². The summed E-state index contributed by atoms with van der Waals surface area (Å²) in [5.74, 6) is -4.51. The number of carbonyl (C=O) groups excluding carboxylic acids is 9. The first-order valence-corrected chi connectivity index (χ1v) is 27.6. The molecule has 0 saturated carbocycles. The number of nitrogens with one attached hydrogen (secondary N) is 9. The zero-order valence-corrected chi connectivity index (χ0v) is 50.0. The maximum atomic E-state index is 13.5. The van der Waals surface area contributed by atoms with E-state index in [9.17, 15) is 43.2 Å². The quantitative estimate of drug-likeness (QED) is 0.0343.